The zero-order valence-corrected chi connectivity index (χ0v) is 12.8. The van der Waals surface area contributed by atoms with Gasteiger partial charge in [0.15, 0.2) is 17.7 Å². The summed E-state index contributed by atoms with van der Waals surface area (Å²) in [6.07, 6.45) is 3.40. The molecule has 0 radical (unpaired) electrons. The van der Waals surface area contributed by atoms with Crippen molar-refractivity contribution in [3.05, 3.63) is 53.1 Å². The highest BCUT2D eigenvalue weighted by atomic mass is 16.5. The monoisotopic (exact) mass is 295 g/mol. The van der Waals surface area contributed by atoms with Gasteiger partial charge in [-0.2, -0.15) is 0 Å². The van der Waals surface area contributed by atoms with E-state index in [-0.39, 0.29) is 6.17 Å². The van der Waals surface area contributed by atoms with Gasteiger partial charge in [0.25, 0.3) is 6.17 Å². The minimum Gasteiger partial charge on any atom is -0.493 e. The number of hydrogen-bond acceptors (Lipinski definition) is 3. The number of fused-ring (bicyclic) bond motifs is 4. The number of anilines is 1. The van der Waals surface area contributed by atoms with Crippen molar-refractivity contribution in [2.75, 3.05) is 26.1 Å². The van der Waals surface area contributed by atoms with Gasteiger partial charge in [0.05, 0.1) is 25.5 Å². The van der Waals surface area contributed by atoms with Crippen molar-refractivity contribution in [1.82, 2.24) is 0 Å². The number of methoxy groups -OCH3 is 2. The Balaban J connectivity index is 1.82. The Bertz CT molecular complexity index is 768. The summed E-state index contributed by atoms with van der Waals surface area (Å²) < 4.78 is 13.3. The van der Waals surface area contributed by atoms with Crippen molar-refractivity contribution in [1.29, 1.82) is 0 Å². The van der Waals surface area contributed by atoms with Crippen LogP contribution >= 0.6 is 0 Å². The van der Waals surface area contributed by atoms with Crippen LogP contribution < -0.4 is 14.8 Å². The van der Waals surface area contributed by atoms with Crippen LogP contribution in [0.4, 0.5) is 5.69 Å². The Hall–Kier alpha value is -2.49. The summed E-state index contributed by atoms with van der Waals surface area (Å²) in [4.78, 5) is 0. The van der Waals surface area contributed by atoms with Crippen molar-refractivity contribution in [2.24, 2.45) is 0 Å². The molecule has 2 aromatic carbocycles. The van der Waals surface area contributed by atoms with Crippen molar-refractivity contribution < 1.29 is 14.0 Å². The second kappa shape index (κ2) is 5.05. The molecule has 4 rings (SSSR count). The lowest BCUT2D eigenvalue weighted by Gasteiger charge is -2.29. The molecule has 112 valence electrons. The van der Waals surface area contributed by atoms with Gasteiger partial charge < -0.3 is 14.8 Å². The number of rotatable bonds is 2. The van der Waals surface area contributed by atoms with Gasteiger partial charge in [-0.25, -0.2) is 4.58 Å². The average Bonchev–Trinajstić information content (AvgIpc) is 2.58. The Morgan fingerprint density at radius 2 is 1.86 bits per heavy atom. The molecular formula is C18H19N2O2+. The van der Waals surface area contributed by atoms with Gasteiger partial charge in [0.1, 0.15) is 6.54 Å². The first-order valence-electron chi connectivity index (χ1n) is 7.51. The standard InChI is InChI=1S/C18H18N2O2/c1-21-16-9-12-7-8-20-11-13-5-3-4-6-15(13)19-18(20)14(12)10-17(16)22-2/h3-6,9-11,18H,7-8H2,1-2H3/p+1. The third kappa shape index (κ3) is 1.95. The molecule has 0 fully saturated rings. The number of para-hydroxylation sites is 1. The molecule has 2 aliphatic heterocycles. The van der Waals surface area contributed by atoms with Gasteiger partial charge >= 0.3 is 0 Å². The lowest BCUT2D eigenvalue weighted by atomic mass is 9.95. The average molecular weight is 295 g/mol. The number of nitrogens with one attached hydrogen (secondary N) is 1. The molecule has 0 aromatic heterocycles. The van der Waals surface area contributed by atoms with E-state index in [9.17, 15) is 0 Å². The molecule has 2 aromatic rings. The molecule has 0 amide bonds. The van der Waals surface area contributed by atoms with E-state index in [1.165, 1.54) is 22.4 Å². The van der Waals surface area contributed by atoms with E-state index in [1.54, 1.807) is 14.2 Å². The van der Waals surface area contributed by atoms with Gasteiger partial charge in [-0.3, -0.25) is 0 Å². The predicted molar refractivity (Wildman–Crippen MR) is 86.3 cm³/mol. The van der Waals surface area contributed by atoms with E-state index in [4.69, 9.17) is 9.47 Å². The normalized spacial score (nSPS) is 18.3. The molecule has 0 spiro atoms. The summed E-state index contributed by atoms with van der Waals surface area (Å²) in [5, 5.41) is 3.64. The number of nitrogens with zero attached hydrogens (tertiary/aromatic N) is 1. The lowest BCUT2D eigenvalue weighted by molar-refractivity contribution is -0.566. The van der Waals surface area contributed by atoms with Crippen molar-refractivity contribution in [2.45, 2.75) is 12.6 Å². The zero-order chi connectivity index (χ0) is 15.1. The first kappa shape index (κ1) is 13.2. The molecule has 2 heterocycles. The van der Waals surface area contributed by atoms with E-state index >= 15 is 0 Å². The van der Waals surface area contributed by atoms with Gasteiger partial charge in [0, 0.05) is 12.0 Å². The smallest absolute Gasteiger partial charge is 0.253 e. The van der Waals surface area contributed by atoms with Crippen molar-refractivity contribution in [3.8, 4) is 11.5 Å². The number of hydrogen-bond donors (Lipinski definition) is 1. The molecule has 4 nitrogen and oxygen atoms in total. The van der Waals surface area contributed by atoms with Crippen LogP contribution in [0.5, 0.6) is 11.5 Å². The third-order valence-electron chi connectivity index (χ3n) is 4.47. The maximum absolute atomic E-state index is 5.47. The van der Waals surface area contributed by atoms with Gasteiger partial charge in [0.2, 0.25) is 0 Å². The molecule has 0 saturated carbocycles. The molecule has 2 aliphatic rings. The fourth-order valence-corrected chi connectivity index (χ4v) is 3.33. The van der Waals surface area contributed by atoms with Crippen LogP contribution in [0.1, 0.15) is 22.9 Å². The largest absolute Gasteiger partial charge is 0.493 e. The Morgan fingerprint density at radius 3 is 2.68 bits per heavy atom. The highest BCUT2D eigenvalue weighted by Crippen LogP contribution is 2.38. The first-order valence-corrected chi connectivity index (χ1v) is 7.51. The SMILES string of the molecule is COc1cc2c(cc1OC)C1Nc3ccccc3C=[N+]1CC2. The summed E-state index contributed by atoms with van der Waals surface area (Å²) in [7, 11) is 3.36. The molecule has 4 heteroatoms. The summed E-state index contributed by atoms with van der Waals surface area (Å²) in [6, 6.07) is 12.6. The molecule has 0 bridgehead atoms. The van der Waals surface area contributed by atoms with E-state index in [0.717, 1.165) is 24.5 Å². The minimum atomic E-state index is 0.151. The summed E-state index contributed by atoms with van der Waals surface area (Å²) in [5.41, 5.74) is 4.99. The zero-order valence-electron chi connectivity index (χ0n) is 12.8. The second-order valence-corrected chi connectivity index (χ2v) is 5.66. The van der Waals surface area contributed by atoms with Crippen LogP contribution in [0.3, 0.4) is 0 Å². The van der Waals surface area contributed by atoms with Crippen LogP contribution in [0, 0.1) is 0 Å². The topological polar surface area (TPSA) is 33.5 Å². The first-order chi connectivity index (χ1) is 10.8. The van der Waals surface area contributed by atoms with E-state index in [0.29, 0.717) is 0 Å². The maximum atomic E-state index is 5.47. The Kier molecular flexibility index (Phi) is 3.03. The number of benzene rings is 2. The number of ether oxygens (including phenoxy) is 2. The van der Waals surface area contributed by atoms with Crippen molar-refractivity contribution in [3.63, 3.8) is 0 Å². The molecule has 1 atom stereocenters. The van der Waals surface area contributed by atoms with Crippen LogP contribution in [0.25, 0.3) is 0 Å². The fraction of sp³-hybridized carbons (Fsp3) is 0.278. The minimum absolute atomic E-state index is 0.151. The third-order valence-corrected chi connectivity index (χ3v) is 4.47. The van der Waals surface area contributed by atoms with Gasteiger partial charge in [-0.1, -0.05) is 12.1 Å². The van der Waals surface area contributed by atoms with E-state index in [2.05, 4.69) is 52.5 Å². The summed E-state index contributed by atoms with van der Waals surface area (Å²) in [6.45, 7) is 0.995. The van der Waals surface area contributed by atoms with Gasteiger partial charge in [-0.05, 0) is 29.8 Å². The molecule has 1 N–H and O–H groups in total. The molecule has 0 saturated heterocycles. The van der Waals surface area contributed by atoms with Crippen LogP contribution in [-0.4, -0.2) is 31.6 Å². The van der Waals surface area contributed by atoms with Gasteiger partial charge in [-0.15, -0.1) is 0 Å². The highest BCUT2D eigenvalue weighted by Gasteiger charge is 2.34. The van der Waals surface area contributed by atoms with Crippen molar-refractivity contribution >= 4 is 11.9 Å². The fourth-order valence-electron chi connectivity index (χ4n) is 3.33. The maximum Gasteiger partial charge on any atom is 0.253 e. The quantitative estimate of drug-likeness (QED) is 0.865. The molecular weight excluding hydrogens is 276 g/mol. The van der Waals surface area contributed by atoms with Crippen LogP contribution in [-0.2, 0) is 6.42 Å². The summed E-state index contributed by atoms with van der Waals surface area (Å²) in [5.74, 6) is 1.58. The van der Waals surface area contributed by atoms with E-state index < -0.39 is 0 Å². The summed E-state index contributed by atoms with van der Waals surface area (Å²) >= 11 is 0. The van der Waals surface area contributed by atoms with Crippen LogP contribution in [0.15, 0.2) is 36.4 Å². The predicted octanol–water partition coefficient (Wildman–Crippen LogP) is 2.82. The Labute approximate surface area is 130 Å². The Morgan fingerprint density at radius 1 is 1.09 bits per heavy atom. The molecule has 0 aliphatic carbocycles. The molecule has 1 unspecified atom stereocenters. The lowest BCUT2D eigenvalue weighted by Crippen LogP contribution is -2.36. The van der Waals surface area contributed by atoms with E-state index in [1.807, 2.05) is 0 Å². The molecule has 22 heavy (non-hydrogen) atoms. The highest BCUT2D eigenvalue weighted by molar-refractivity contribution is 5.86. The van der Waals surface area contributed by atoms with Crippen LogP contribution in [0.2, 0.25) is 0 Å². The second-order valence-electron chi connectivity index (χ2n) is 5.66.